The quantitative estimate of drug-likeness (QED) is 0.916. The number of amides is 1. The number of halogens is 1. The van der Waals surface area contributed by atoms with Gasteiger partial charge < -0.3 is 10.2 Å². The number of carbonyl (C=O) groups excluding carboxylic acids is 1. The molecule has 1 saturated heterocycles. The van der Waals surface area contributed by atoms with Crippen LogP contribution in [0.15, 0.2) is 42.5 Å². The van der Waals surface area contributed by atoms with E-state index in [9.17, 15) is 9.18 Å². The third-order valence-corrected chi connectivity index (χ3v) is 4.88. The van der Waals surface area contributed by atoms with Gasteiger partial charge in [-0.15, -0.1) is 0 Å². The molecule has 3 nitrogen and oxygen atoms in total. The van der Waals surface area contributed by atoms with Crippen LogP contribution in [-0.2, 0) is 0 Å². The third-order valence-electron chi connectivity index (χ3n) is 4.88. The minimum absolute atomic E-state index is 0.168. The summed E-state index contributed by atoms with van der Waals surface area (Å²) >= 11 is 0. The number of carbonyl (C=O) groups is 1. The number of hydrogen-bond acceptors (Lipinski definition) is 2. The first-order chi connectivity index (χ1) is 12.1. The predicted molar refractivity (Wildman–Crippen MR) is 99.1 cm³/mol. The number of nitrogens with one attached hydrogen (secondary N) is 1. The number of likely N-dealkylation sites (tertiary alicyclic amines) is 1. The van der Waals surface area contributed by atoms with Gasteiger partial charge in [-0.3, -0.25) is 4.79 Å². The largest absolute Gasteiger partial charge is 0.338 e. The minimum Gasteiger partial charge on any atom is -0.338 e. The van der Waals surface area contributed by atoms with E-state index in [0.717, 1.165) is 36.1 Å². The first-order valence-electron chi connectivity index (χ1n) is 8.89. The molecule has 0 saturated carbocycles. The normalized spacial score (nSPS) is 17.6. The number of nitrogens with zero attached hydrogens (tertiary/aromatic N) is 1. The van der Waals surface area contributed by atoms with E-state index in [2.05, 4.69) is 5.32 Å². The van der Waals surface area contributed by atoms with E-state index in [-0.39, 0.29) is 11.5 Å². The molecule has 132 valence electrons. The van der Waals surface area contributed by atoms with Crippen molar-refractivity contribution in [1.29, 1.82) is 0 Å². The van der Waals surface area contributed by atoms with Crippen LogP contribution in [0.2, 0.25) is 0 Å². The SMILES string of the molecule is CNCC1CCCN(C(=O)c2ccc(-c3ccc(C)cc3)cc2F)C1. The van der Waals surface area contributed by atoms with Crippen LogP contribution in [0.1, 0.15) is 28.8 Å². The topological polar surface area (TPSA) is 32.3 Å². The fourth-order valence-corrected chi connectivity index (χ4v) is 3.49. The van der Waals surface area contributed by atoms with Crippen LogP contribution < -0.4 is 5.32 Å². The molecular formula is C21H25FN2O. The average Bonchev–Trinajstić information content (AvgIpc) is 2.62. The number of piperidine rings is 1. The van der Waals surface area contributed by atoms with E-state index in [1.54, 1.807) is 11.0 Å². The molecule has 2 aromatic carbocycles. The lowest BCUT2D eigenvalue weighted by Gasteiger charge is -2.32. The molecule has 3 rings (SSSR count). The highest BCUT2D eigenvalue weighted by atomic mass is 19.1. The van der Waals surface area contributed by atoms with Gasteiger partial charge in [0.1, 0.15) is 5.82 Å². The molecule has 0 bridgehead atoms. The molecule has 1 unspecified atom stereocenters. The van der Waals surface area contributed by atoms with E-state index in [0.29, 0.717) is 19.0 Å². The van der Waals surface area contributed by atoms with Crippen LogP contribution in [0.4, 0.5) is 4.39 Å². The lowest BCUT2D eigenvalue weighted by Crippen LogP contribution is -2.42. The van der Waals surface area contributed by atoms with Crippen molar-refractivity contribution in [3.8, 4) is 11.1 Å². The molecular weight excluding hydrogens is 315 g/mol. The zero-order chi connectivity index (χ0) is 17.8. The average molecular weight is 340 g/mol. The van der Waals surface area contributed by atoms with Crippen LogP contribution in [0.25, 0.3) is 11.1 Å². The lowest BCUT2D eigenvalue weighted by atomic mass is 9.96. The number of benzene rings is 2. The molecule has 1 aliphatic rings. The fraction of sp³-hybridized carbons (Fsp3) is 0.381. The Balaban J connectivity index is 1.78. The molecule has 0 spiro atoms. The Hall–Kier alpha value is -2.20. The minimum atomic E-state index is -0.446. The molecule has 1 fully saturated rings. The van der Waals surface area contributed by atoms with Gasteiger partial charge in [0.05, 0.1) is 5.56 Å². The molecule has 1 heterocycles. The summed E-state index contributed by atoms with van der Waals surface area (Å²) in [6.07, 6.45) is 2.08. The zero-order valence-electron chi connectivity index (χ0n) is 14.9. The second kappa shape index (κ2) is 7.79. The molecule has 4 heteroatoms. The van der Waals surface area contributed by atoms with Crippen LogP contribution in [0, 0.1) is 18.7 Å². The van der Waals surface area contributed by atoms with Crippen molar-refractivity contribution < 1.29 is 9.18 Å². The Kier molecular flexibility index (Phi) is 5.49. The Morgan fingerprint density at radius 2 is 1.92 bits per heavy atom. The van der Waals surface area contributed by atoms with Crippen molar-refractivity contribution >= 4 is 5.91 Å². The maximum Gasteiger partial charge on any atom is 0.256 e. The summed E-state index contributed by atoms with van der Waals surface area (Å²) in [6, 6.07) is 12.9. The number of rotatable bonds is 4. The van der Waals surface area contributed by atoms with E-state index in [1.165, 1.54) is 6.07 Å². The molecule has 0 radical (unpaired) electrons. The van der Waals surface area contributed by atoms with Gasteiger partial charge in [-0.05, 0) is 62.5 Å². The maximum atomic E-state index is 14.6. The van der Waals surface area contributed by atoms with Gasteiger partial charge in [-0.25, -0.2) is 4.39 Å². The standard InChI is InChI=1S/C21H25FN2O/c1-15-5-7-17(8-6-15)18-9-10-19(20(22)12-18)21(25)24-11-3-4-16(14-24)13-23-2/h5-10,12,16,23H,3-4,11,13-14H2,1-2H3. The van der Waals surface area contributed by atoms with Gasteiger partial charge >= 0.3 is 0 Å². The third kappa shape index (κ3) is 4.07. The Bertz CT molecular complexity index is 740. The summed E-state index contributed by atoms with van der Waals surface area (Å²) < 4.78 is 14.6. The number of aryl methyl sites for hydroxylation is 1. The summed E-state index contributed by atoms with van der Waals surface area (Å²) in [6.45, 7) is 4.31. The van der Waals surface area contributed by atoms with Crippen LogP contribution >= 0.6 is 0 Å². The summed E-state index contributed by atoms with van der Waals surface area (Å²) in [5.74, 6) is -0.204. The van der Waals surface area contributed by atoms with Gasteiger partial charge in [-0.1, -0.05) is 35.9 Å². The Morgan fingerprint density at radius 3 is 2.60 bits per heavy atom. The van der Waals surface area contributed by atoms with E-state index >= 15 is 0 Å². The van der Waals surface area contributed by atoms with Crippen molar-refractivity contribution in [1.82, 2.24) is 10.2 Å². The van der Waals surface area contributed by atoms with E-state index < -0.39 is 5.82 Å². The smallest absolute Gasteiger partial charge is 0.256 e. The molecule has 2 aromatic rings. The first-order valence-corrected chi connectivity index (χ1v) is 8.89. The second-order valence-electron chi connectivity index (χ2n) is 6.88. The maximum absolute atomic E-state index is 14.6. The summed E-state index contributed by atoms with van der Waals surface area (Å²) in [5.41, 5.74) is 3.08. The lowest BCUT2D eigenvalue weighted by molar-refractivity contribution is 0.0669. The van der Waals surface area contributed by atoms with E-state index in [1.807, 2.05) is 44.3 Å². The fourth-order valence-electron chi connectivity index (χ4n) is 3.49. The highest BCUT2D eigenvalue weighted by Crippen LogP contribution is 2.24. The molecule has 1 N–H and O–H groups in total. The van der Waals surface area contributed by atoms with Crippen LogP contribution in [-0.4, -0.2) is 37.5 Å². The van der Waals surface area contributed by atoms with Crippen molar-refractivity contribution in [3.63, 3.8) is 0 Å². The first kappa shape index (κ1) is 17.6. The summed E-state index contributed by atoms with van der Waals surface area (Å²) in [7, 11) is 1.92. The Labute approximate surface area is 148 Å². The molecule has 1 aliphatic heterocycles. The molecule has 1 atom stereocenters. The van der Waals surface area contributed by atoms with Crippen molar-refractivity contribution in [2.45, 2.75) is 19.8 Å². The van der Waals surface area contributed by atoms with Gasteiger partial charge in [0.2, 0.25) is 0 Å². The zero-order valence-corrected chi connectivity index (χ0v) is 14.9. The summed E-state index contributed by atoms with van der Waals surface area (Å²) in [4.78, 5) is 14.5. The molecule has 0 aliphatic carbocycles. The highest BCUT2D eigenvalue weighted by Gasteiger charge is 2.25. The summed E-state index contributed by atoms with van der Waals surface area (Å²) in [5, 5.41) is 3.17. The van der Waals surface area contributed by atoms with Crippen LogP contribution in [0.5, 0.6) is 0 Å². The van der Waals surface area contributed by atoms with Crippen LogP contribution in [0.3, 0.4) is 0 Å². The van der Waals surface area contributed by atoms with Gasteiger partial charge in [0, 0.05) is 13.1 Å². The second-order valence-corrected chi connectivity index (χ2v) is 6.88. The van der Waals surface area contributed by atoms with Crippen molar-refractivity contribution in [3.05, 3.63) is 59.4 Å². The highest BCUT2D eigenvalue weighted by molar-refractivity contribution is 5.95. The van der Waals surface area contributed by atoms with Crippen molar-refractivity contribution in [2.75, 3.05) is 26.7 Å². The molecule has 25 heavy (non-hydrogen) atoms. The molecule has 0 aromatic heterocycles. The van der Waals surface area contributed by atoms with Gasteiger partial charge in [0.15, 0.2) is 0 Å². The van der Waals surface area contributed by atoms with Gasteiger partial charge in [0.25, 0.3) is 5.91 Å². The Morgan fingerprint density at radius 1 is 1.20 bits per heavy atom. The van der Waals surface area contributed by atoms with Gasteiger partial charge in [-0.2, -0.15) is 0 Å². The monoisotopic (exact) mass is 340 g/mol. The van der Waals surface area contributed by atoms with Crippen molar-refractivity contribution in [2.24, 2.45) is 5.92 Å². The number of hydrogen-bond donors (Lipinski definition) is 1. The molecule has 1 amide bonds. The predicted octanol–water partition coefficient (Wildman–Crippen LogP) is 3.87. The van der Waals surface area contributed by atoms with E-state index in [4.69, 9.17) is 0 Å².